The Morgan fingerprint density at radius 3 is 1.69 bits per heavy atom. The van der Waals surface area contributed by atoms with Crippen molar-refractivity contribution in [2.45, 2.75) is 0 Å². The first-order chi connectivity index (χ1) is 36.4. The quantitative estimate of drug-likeness (QED) is 0.173. The van der Waals surface area contributed by atoms with Crippen molar-refractivity contribution in [2.75, 3.05) is 0 Å². The molecule has 0 aliphatic rings. The number of fused-ring (bicyclic) bond motifs is 6. The second kappa shape index (κ2) is 11.1. The summed E-state index contributed by atoms with van der Waals surface area (Å²) in [5, 5.41) is -5.02. The summed E-state index contributed by atoms with van der Waals surface area (Å²) in [6.45, 7) is 0. The van der Waals surface area contributed by atoms with Crippen molar-refractivity contribution >= 4 is 54.3 Å². The van der Waals surface area contributed by atoms with E-state index in [9.17, 15) is 13.7 Å². The molecule has 0 unspecified atom stereocenters. The second-order valence-corrected chi connectivity index (χ2v) is 10.6. The number of para-hydroxylation sites is 1. The van der Waals surface area contributed by atoms with Gasteiger partial charge in [-0.3, -0.25) is 0 Å². The minimum absolute atomic E-state index is 0.409. The predicted molar refractivity (Wildman–Crippen MR) is 208 cm³/mol. The molecule has 0 aliphatic carbocycles. The molecule has 1 heterocycles. The molecule has 0 radical (unpaired) electrons. The van der Waals surface area contributed by atoms with Crippen LogP contribution in [0.5, 0.6) is 0 Å². The molecule has 0 N–H and O–H groups in total. The van der Waals surface area contributed by atoms with Gasteiger partial charge in [-0.15, -0.1) is 0 Å². The number of hydrogen-bond donors (Lipinski definition) is 0. The van der Waals surface area contributed by atoms with Gasteiger partial charge in [-0.2, -0.15) is 0 Å². The third-order valence-electron chi connectivity index (χ3n) is 7.90. The molecule has 1 heteroatoms. The van der Waals surface area contributed by atoms with E-state index in [4.69, 9.17) is 30.5 Å². The lowest BCUT2D eigenvalue weighted by atomic mass is 9.84. The van der Waals surface area contributed by atoms with Crippen LogP contribution in [0.4, 0.5) is 0 Å². The number of benzene rings is 9. The van der Waals surface area contributed by atoms with Crippen LogP contribution in [0.3, 0.4) is 0 Å². The first kappa shape index (κ1) is 11.3. The number of hydrogen-bond acceptors (Lipinski definition) is 1. The van der Waals surface area contributed by atoms with Gasteiger partial charge in [-0.05, 0) is 101 Å². The fourth-order valence-electron chi connectivity index (χ4n) is 5.79. The summed E-state index contributed by atoms with van der Waals surface area (Å²) >= 11 is 0. The molecule has 228 valence electrons. The van der Waals surface area contributed by atoms with E-state index in [0.717, 1.165) is 6.07 Å². The van der Waals surface area contributed by atoms with Crippen LogP contribution in [0.1, 0.15) is 39.8 Å². The summed E-state index contributed by atoms with van der Waals surface area (Å²) in [5.41, 5.74) is -7.13. The van der Waals surface area contributed by atoms with E-state index in [0.29, 0.717) is 0 Å². The van der Waals surface area contributed by atoms with Gasteiger partial charge in [0.15, 0.2) is 0 Å². The minimum Gasteiger partial charge on any atom is -0.456 e. The lowest BCUT2D eigenvalue weighted by Crippen LogP contribution is -1.92. The van der Waals surface area contributed by atoms with E-state index in [1.165, 1.54) is 0 Å². The molecule has 10 aromatic rings. The van der Waals surface area contributed by atoms with Gasteiger partial charge in [0.05, 0.1) is 39.8 Å². The van der Waals surface area contributed by atoms with Crippen molar-refractivity contribution in [3.05, 3.63) is 181 Å². The second-order valence-electron chi connectivity index (χ2n) is 10.6. The lowest BCUT2D eigenvalue weighted by molar-refractivity contribution is 0.669. The fraction of sp³-hybridized carbons (Fsp3) is 0. The normalized spacial score (nSPS) is 20.0. The molecule has 0 saturated heterocycles. The Labute approximate surface area is 325 Å². The van der Waals surface area contributed by atoms with Gasteiger partial charge < -0.3 is 4.42 Å². The highest BCUT2D eigenvalue weighted by molar-refractivity contribution is 6.22. The van der Waals surface area contributed by atoms with Crippen LogP contribution in [0.2, 0.25) is 0 Å². The summed E-state index contributed by atoms with van der Waals surface area (Å²) < 4.78 is 267. The van der Waals surface area contributed by atoms with E-state index in [1.54, 1.807) is 0 Å². The van der Waals surface area contributed by atoms with E-state index < -0.39 is 274 Å². The van der Waals surface area contributed by atoms with Gasteiger partial charge in [-0.1, -0.05) is 157 Å². The Kier molecular flexibility index (Phi) is 2.56. The highest BCUT2D eigenvalue weighted by Gasteiger charge is 2.18. The van der Waals surface area contributed by atoms with Gasteiger partial charge >= 0.3 is 0 Å². The maximum Gasteiger partial charge on any atom is 0.135 e. The average Bonchev–Trinajstić information content (AvgIpc) is 3.98. The van der Waals surface area contributed by atoms with Crippen LogP contribution in [0.25, 0.3) is 98.8 Å². The standard InChI is InChI=1S/C48H30O/c1-2-12-33(13-3-1)47-40-17-6-7-18-41(40)48(44-30-36(25-27-42(44)47)38-19-10-14-32-11-4-5-15-37(32)38)34-23-21-31(22-24-34)35-26-28-46-43(29-35)39-16-8-9-20-45(39)49-46/h1-30H/i1D,2D,3D,4D,5D,6D,7D,8D,9D,10D,11D,12D,13D,14D,15D,16D,17D,18D,19D,20D,21D,22D,23D,24D,26D,27D,28D,29D,30D. The van der Waals surface area contributed by atoms with E-state index in [-0.39, 0.29) is 0 Å². The first-order valence-corrected chi connectivity index (χ1v) is 14.5. The van der Waals surface area contributed by atoms with Crippen LogP contribution in [-0.2, 0) is 0 Å². The van der Waals surface area contributed by atoms with E-state index in [1.807, 2.05) is 0 Å². The van der Waals surface area contributed by atoms with Crippen molar-refractivity contribution in [1.29, 1.82) is 0 Å². The molecule has 1 nitrogen and oxygen atoms in total. The molecule has 0 aliphatic heterocycles. The Morgan fingerprint density at radius 1 is 0.327 bits per heavy atom. The average molecular weight is 652 g/mol. The zero-order valence-corrected chi connectivity index (χ0v) is 24.5. The van der Waals surface area contributed by atoms with Crippen LogP contribution in [0.15, 0.2) is 186 Å². The maximum absolute atomic E-state index is 10.1. The molecule has 9 aromatic carbocycles. The maximum atomic E-state index is 10.1. The molecule has 49 heavy (non-hydrogen) atoms. The first-order valence-electron chi connectivity index (χ1n) is 29.0. The molecular formula is C48H30O. The molecule has 0 amide bonds. The van der Waals surface area contributed by atoms with Crippen LogP contribution in [-0.4, -0.2) is 0 Å². The van der Waals surface area contributed by atoms with Crippen LogP contribution < -0.4 is 0 Å². The lowest BCUT2D eigenvalue weighted by Gasteiger charge is -2.19. The summed E-state index contributed by atoms with van der Waals surface area (Å²) in [6.07, 6.45) is 0. The highest BCUT2D eigenvalue weighted by atomic mass is 16.3. The van der Waals surface area contributed by atoms with Crippen LogP contribution in [0, 0.1) is 0 Å². The van der Waals surface area contributed by atoms with Crippen molar-refractivity contribution in [1.82, 2.24) is 0 Å². The van der Waals surface area contributed by atoms with Gasteiger partial charge in [0.1, 0.15) is 11.2 Å². The topological polar surface area (TPSA) is 13.1 Å². The Balaban J connectivity index is 1.49. The molecular weight excluding hydrogens is 593 g/mol. The summed E-state index contributed by atoms with van der Waals surface area (Å²) in [6, 6.07) is -25.9. The molecule has 0 spiro atoms. The Bertz CT molecular complexity index is 4470. The monoisotopic (exact) mass is 651 g/mol. The van der Waals surface area contributed by atoms with E-state index >= 15 is 0 Å². The molecule has 1 aromatic heterocycles. The van der Waals surface area contributed by atoms with Gasteiger partial charge in [-0.25, -0.2) is 0 Å². The zero-order chi connectivity index (χ0) is 57.5. The minimum atomic E-state index is -1.13. The molecule has 0 fully saturated rings. The molecule has 0 atom stereocenters. The molecule has 0 saturated carbocycles. The highest BCUT2D eigenvalue weighted by Crippen LogP contribution is 2.45. The predicted octanol–water partition coefficient (Wildman–Crippen LogP) is 13.7. The third kappa shape index (κ3) is 4.47. The Hall–Kier alpha value is -6.44. The number of rotatable bonds is 4. The largest absolute Gasteiger partial charge is 0.456 e. The summed E-state index contributed by atoms with van der Waals surface area (Å²) in [7, 11) is 0. The molecule has 0 bridgehead atoms. The molecule has 10 rings (SSSR count). The smallest absolute Gasteiger partial charge is 0.135 e. The fourth-order valence-corrected chi connectivity index (χ4v) is 5.79. The number of furan rings is 1. The summed E-state index contributed by atoms with van der Waals surface area (Å²) in [5.74, 6) is 0. The summed E-state index contributed by atoms with van der Waals surface area (Å²) in [4.78, 5) is 0. The van der Waals surface area contributed by atoms with Crippen LogP contribution >= 0.6 is 0 Å². The third-order valence-corrected chi connectivity index (χ3v) is 7.90. The van der Waals surface area contributed by atoms with E-state index in [2.05, 4.69) is 0 Å². The van der Waals surface area contributed by atoms with Crippen molar-refractivity contribution in [3.63, 3.8) is 0 Å². The van der Waals surface area contributed by atoms with Crippen molar-refractivity contribution in [3.8, 4) is 44.5 Å². The van der Waals surface area contributed by atoms with Crippen molar-refractivity contribution < 1.29 is 44.2 Å². The zero-order valence-electron chi connectivity index (χ0n) is 53.5. The van der Waals surface area contributed by atoms with Gasteiger partial charge in [0.2, 0.25) is 0 Å². The van der Waals surface area contributed by atoms with Gasteiger partial charge in [0, 0.05) is 10.8 Å². The van der Waals surface area contributed by atoms with Gasteiger partial charge in [0.25, 0.3) is 0 Å². The SMILES string of the molecule is [2H]c1c([2H])c([2H])c(-c2c3c([2H])cc(-c4c([2H])c([2H])c([2H])c5c([2H])c([2H])c([2H])c([2H])c45)c([2H])c3c(-c3c([2H])c([2H])c(-c4c([2H])c([2H])c5oc6c([2H])c([2H])c([2H])c([2H])c6c5c4[2H])c([2H])c3[2H])c3c([2H])c([2H])c([2H])c([2H])c23)c([2H])c1[2H]. The van der Waals surface area contributed by atoms with Crippen molar-refractivity contribution in [2.24, 2.45) is 0 Å². The Morgan fingerprint density at radius 2 is 0.878 bits per heavy atom.